The molecule has 0 amide bonds. The Morgan fingerprint density at radius 2 is 2.07 bits per heavy atom. The molecule has 0 aliphatic heterocycles. The Balaban J connectivity index is 2.93. The highest BCUT2D eigenvalue weighted by molar-refractivity contribution is 5.68. The summed E-state index contributed by atoms with van der Waals surface area (Å²) in [6.45, 7) is 0. The van der Waals surface area contributed by atoms with Crippen molar-refractivity contribution in [3.63, 3.8) is 0 Å². The molecule has 76 valence electrons. The molecule has 5 nitrogen and oxygen atoms in total. The van der Waals surface area contributed by atoms with Crippen LogP contribution in [0.1, 0.15) is 18.0 Å². The molecule has 0 spiro atoms. The summed E-state index contributed by atoms with van der Waals surface area (Å²) in [5.74, 6) is -1.23. The fourth-order valence-electron chi connectivity index (χ4n) is 1.14. The molecule has 0 aliphatic rings. The van der Waals surface area contributed by atoms with E-state index in [1.54, 1.807) is 0 Å². The largest absolute Gasteiger partial charge is 0.508 e. The molecule has 0 fully saturated rings. The molecule has 0 saturated carbocycles. The van der Waals surface area contributed by atoms with Crippen molar-refractivity contribution in [3.8, 4) is 11.5 Å². The first-order valence-electron chi connectivity index (χ1n) is 4.00. The van der Waals surface area contributed by atoms with Gasteiger partial charge in [-0.1, -0.05) is 0 Å². The zero-order chi connectivity index (χ0) is 10.7. The van der Waals surface area contributed by atoms with E-state index in [-0.39, 0.29) is 23.5 Å². The summed E-state index contributed by atoms with van der Waals surface area (Å²) in [5.41, 5.74) is 5.74. The summed E-state index contributed by atoms with van der Waals surface area (Å²) < 4.78 is 0. The molecule has 1 aromatic carbocycles. The van der Waals surface area contributed by atoms with Gasteiger partial charge in [0, 0.05) is 11.6 Å². The number of carboxylic acid groups (broad SMARTS) is 1. The number of aliphatic carboxylic acids is 1. The number of phenols is 2. The average Bonchev–Trinajstić information content (AvgIpc) is 2.08. The zero-order valence-corrected chi connectivity index (χ0v) is 7.34. The Hall–Kier alpha value is -1.75. The summed E-state index contributed by atoms with van der Waals surface area (Å²) in [5, 5.41) is 26.9. The van der Waals surface area contributed by atoms with Crippen molar-refractivity contribution in [3.05, 3.63) is 23.8 Å². The van der Waals surface area contributed by atoms with E-state index in [0.29, 0.717) is 0 Å². The van der Waals surface area contributed by atoms with E-state index in [2.05, 4.69) is 0 Å². The van der Waals surface area contributed by atoms with E-state index in [4.69, 9.17) is 15.9 Å². The van der Waals surface area contributed by atoms with Gasteiger partial charge in [0.05, 0.1) is 6.42 Å². The smallest absolute Gasteiger partial charge is 0.305 e. The lowest BCUT2D eigenvalue weighted by Crippen LogP contribution is -2.15. The van der Waals surface area contributed by atoms with Gasteiger partial charge in [0.2, 0.25) is 0 Å². The molecule has 14 heavy (non-hydrogen) atoms. The lowest BCUT2D eigenvalue weighted by atomic mass is 10.0. The average molecular weight is 197 g/mol. The van der Waals surface area contributed by atoms with Crippen LogP contribution in [0.2, 0.25) is 0 Å². The van der Waals surface area contributed by atoms with Crippen molar-refractivity contribution < 1.29 is 20.1 Å². The van der Waals surface area contributed by atoms with Crippen molar-refractivity contribution in [1.29, 1.82) is 0 Å². The van der Waals surface area contributed by atoms with E-state index in [1.807, 2.05) is 0 Å². The van der Waals surface area contributed by atoms with Gasteiger partial charge in [-0.05, 0) is 18.2 Å². The molecule has 1 aromatic rings. The second-order valence-corrected chi connectivity index (χ2v) is 2.95. The summed E-state index contributed by atoms with van der Waals surface area (Å²) >= 11 is 0. The highest BCUT2D eigenvalue weighted by atomic mass is 16.4. The minimum Gasteiger partial charge on any atom is -0.508 e. The summed E-state index contributed by atoms with van der Waals surface area (Å²) in [6.07, 6.45) is -0.295. The highest BCUT2D eigenvalue weighted by Gasteiger charge is 2.14. The Morgan fingerprint density at radius 1 is 1.43 bits per heavy atom. The maximum atomic E-state index is 10.4. The van der Waals surface area contributed by atoms with Crippen LogP contribution in [0.3, 0.4) is 0 Å². The van der Waals surface area contributed by atoms with Crippen LogP contribution in [-0.4, -0.2) is 21.3 Å². The van der Waals surface area contributed by atoms with Crippen molar-refractivity contribution in [2.24, 2.45) is 5.73 Å². The molecule has 0 aliphatic carbocycles. The number of nitrogens with two attached hydrogens (primary N) is 1. The van der Waals surface area contributed by atoms with Crippen LogP contribution >= 0.6 is 0 Å². The first-order valence-corrected chi connectivity index (χ1v) is 4.00. The molecule has 5 N–H and O–H groups in total. The van der Waals surface area contributed by atoms with Gasteiger partial charge in [0.25, 0.3) is 0 Å². The molecule has 0 bridgehead atoms. The molecule has 5 heteroatoms. The van der Waals surface area contributed by atoms with Crippen LogP contribution in [-0.2, 0) is 4.79 Å². The van der Waals surface area contributed by atoms with Crippen molar-refractivity contribution >= 4 is 5.97 Å². The van der Waals surface area contributed by atoms with Crippen LogP contribution in [0.5, 0.6) is 11.5 Å². The minimum absolute atomic E-state index is 0.0568. The van der Waals surface area contributed by atoms with Gasteiger partial charge >= 0.3 is 5.97 Å². The second-order valence-electron chi connectivity index (χ2n) is 2.95. The SMILES string of the molecule is N[C@@H](CC(=O)O)c1cc(O)ccc1O. The van der Waals surface area contributed by atoms with Crippen LogP contribution in [0.15, 0.2) is 18.2 Å². The normalized spacial score (nSPS) is 12.4. The quantitative estimate of drug-likeness (QED) is 0.530. The third-order valence-electron chi connectivity index (χ3n) is 1.81. The number of aromatic hydroxyl groups is 2. The number of carboxylic acids is 1. The summed E-state index contributed by atoms with van der Waals surface area (Å²) in [7, 11) is 0. The van der Waals surface area contributed by atoms with Gasteiger partial charge in [0.1, 0.15) is 11.5 Å². The number of hydrogen-bond acceptors (Lipinski definition) is 4. The topological polar surface area (TPSA) is 104 Å². The first-order chi connectivity index (χ1) is 6.50. The van der Waals surface area contributed by atoms with E-state index in [1.165, 1.54) is 18.2 Å². The van der Waals surface area contributed by atoms with E-state index < -0.39 is 12.0 Å². The Bertz CT molecular complexity index is 351. The number of phenolic OH excluding ortho intramolecular Hbond substituents is 2. The summed E-state index contributed by atoms with van der Waals surface area (Å²) in [4.78, 5) is 10.4. The highest BCUT2D eigenvalue weighted by Crippen LogP contribution is 2.28. The van der Waals surface area contributed by atoms with Crippen LogP contribution < -0.4 is 5.73 Å². The maximum Gasteiger partial charge on any atom is 0.305 e. The van der Waals surface area contributed by atoms with Crippen LogP contribution in [0.25, 0.3) is 0 Å². The molecule has 0 heterocycles. The van der Waals surface area contributed by atoms with Crippen LogP contribution in [0.4, 0.5) is 0 Å². The Kier molecular flexibility index (Phi) is 2.93. The standard InChI is InChI=1S/C9H11NO4/c10-7(4-9(13)14)6-3-5(11)1-2-8(6)12/h1-3,7,11-12H,4,10H2,(H,13,14)/t7-/m0/s1. The predicted octanol–water partition coefficient (Wildman–Crippen LogP) is 0.572. The van der Waals surface area contributed by atoms with Crippen molar-refractivity contribution in [1.82, 2.24) is 0 Å². The molecular formula is C9H11NO4. The number of hydrogen-bond donors (Lipinski definition) is 4. The second kappa shape index (κ2) is 3.97. The lowest BCUT2D eigenvalue weighted by molar-refractivity contribution is -0.137. The molecular weight excluding hydrogens is 186 g/mol. The van der Waals surface area contributed by atoms with E-state index in [9.17, 15) is 9.90 Å². The third-order valence-corrected chi connectivity index (χ3v) is 1.81. The molecule has 0 unspecified atom stereocenters. The van der Waals surface area contributed by atoms with Gasteiger partial charge in [-0.15, -0.1) is 0 Å². The minimum atomic E-state index is -1.06. The lowest BCUT2D eigenvalue weighted by Gasteiger charge is -2.11. The zero-order valence-electron chi connectivity index (χ0n) is 7.34. The summed E-state index contributed by atoms with van der Waals surface area (Å²) in [6, 6.07) is 3.00. The Morgan fingerprint density at radius 3 is 2.64 bits per heavy atom. The third kappa shape index (κ3) is 2.37. The van der Waals surface area contributed by atoms with Gasteiger partial charge in [-0.25, -0.2) is 0 Å². The predicted molar refractivity (Wildman–Crippen MR) is 49.0 cm³/mol. The molecule has 1 atom stereocenters. The van der Waals surface area contributed by atoms with Crippen LogP contribution in [0, 0.1) is 0 Å². The number of benzene rings is 1. The van der Waals surface area contributed by atoms with Gasteiger partial charge in [0.15, 0.2) is 0 Å². The molecule has 0 saturated heterocycles. The van der Waals surface area contributed by atoms with Crippen molar-refractivity contribution in [2.75, 3.05) is 0 Å². The fraction of sp³-hybridized carbons (Fsp3) is 0.222. The van der Waals surface area contributed by atoms with Crippen molar-refractivity contribution in [2.45, 2.75) is 12.5 Å². The van der Waals surface area contributed by atoms with Gasteiger partial charge in [-0.2, -0.15) is 0 Å². The van der Waals surface area contributed by atoms with Gasteiger partial charge in [-0.3, -0.25) is 4.79 Å². The molecule has 0 aromatic heterocycles. The van der Waals surface area contributed by atoms with E-state index >= 15 is 0 Å². The van der Waals surface area contributed by atoms with E-state index in [0.717, 1.165) is 0 Å². The number of rotatable bonds is 3. The Labute approximate surface area is 80.4 Å². The van der Waals surface area contributed by atoms with Gasteiger partial charge < -0.3 is 21.1 Å². The maximum absolute atomic E-state index is 10.4. The fourth-order valence-corrected chi connectivity index (χ4v) is 1.14. The first kappa shape index (κ1) is 10.3. The monoisotopic (exact) mass is 197 g/mol. The molecule has 0 radical (unpaired) electrons. The molecule has 1 rings (SSSR count). The number of carbonyl (C=O) groups is 1.